The molecular weight excluding hydrogens is 292 g/mol. The molecule has 0 saturated carbocycles. The van der Waals surface area contributed by atoms with Gasteiger partial charge in [-0.25, -0.2) is 14.8 Å². The summed E-state index contributed by atoms with van der Waals surface area (Å²) >= 11 is 1.01. The Kier molecular flexibility index (Phi) is 3.62. The summed E-state index contributed by atoms with van der Waals surface area (Å²) < 4.78 is 25.9. The molecule has 0 aliphatic carbocycles. The van der Waals surface area contributed by atoms with Crippen molar-refractivity contribution in [2.75, 3.05) is 4.72 Å². The number of carboxylic acids is 1. The number of H-pyrrole nitrogens is 1. The number of anilines is 1. The van der Waals surface area contributed by atoms with E-state index in [4.69, 9.17) is 5.11 Å². The van der Waals surface area contributed by atoms with Crippen molar-refractivity contribution in [3.8, 4) is 0 Å². The highest BCUT2D eigenvalue weighted by molar-refractivity contribution is 7.92. The largest absolute Gasteiger partial charge is 0.478 e. The number of rotatable bonds is 5. The summed E-state index contributed by atoms with van der Waals surface area (Å²) in [5.41, 5.74) is 0. The Labute approximate surface area is 111 Å². The van der Waals surface area contributed by atoms with Crippen LogP contribution in [0.15, 0.2) is 29.8 Å². The average molecular weight is 300 g/mol. The monoisotopic (exact) mass is 300 g/mol. The van der Waals surface area contributed by atoms with Gasteiger partial charge in [0.25, 0.3) is 10.0 Å². The molecule has 0 atom stereocenters. The van der Waals surface area contributed by atoms with Gasteiger partial charge < -0.3 is 10.1 Å². The van der Waals surface area contributed by atoms with Crippen molar-refractivity contribution in [3.05, 3.63) is 29.7 Å². The van der Waals surface area contributed by atoms with Gasteiger partial charge in [-0.05, 0) is 6.08 Å². The summed E-state index contributed by atoms with van der Waals surface area (Å²) in [5, 5.41) is 8.53. The van der Waals surface area contributed by atoms with Crippen molar-refractivity contribution in [1.82, 2.24) is 15.0 Å². The standard InChI is InChI=1S/C9H8N4O4S2/c14-8(15)2-1-6-3-11-9(18-6)13-19(16,17)7-4-10-5-12-7/h1-5H,(H,10,12)(H,11,13)(H,14,15). The summed E-state index contributed by atoms with van der Waals surface area (Å²) in [4.78, 5) is 20.8. The Morgan fingerprint density at radius 3 is 2.89 bits per heavy atom. The molecule has 8 nitrogen and oxygen atoms in total. The van der Waals surface area contributed by atoms with Crippen LogP contribution >= 0.6 is 11.3 Å². The molecule has 0 aromatic carbocycles. The molecule has 0 radical (unpaired) electrons. The number of aliphatic carboxylic acids is 1. The topological polar surface area (TPSA) is 125 Å². The molecule has 100 valence electrons. The Morgan fingerprint density at radius 2 is 2.26 bits per heavy atom. The van der Waals surface area contributed by atoms with Crippen LogP contribution in [-0.4, -0.2) is 34.4 Å². The summed E-state index contributed by atoms with van der Waals surface area (Å²) in [6.45, 7) is 0. The molecule has 0 spiro atoms. The molecule has 0 amide bonds. The fraction of sp³-hybridized carbons (Fsp3) is 0. The van der Waals surface area contributed by atoms with E-state index in [1.54, 1.807) is 0 Å². The van der Waals surface area contributed by atoms with Gasteiger partial charge in [-0.3, -0.25) is 4.72 Å². The summed E-state index contributed by atoms with van der Waals surface area (Å²) in [7, 11) is -3.75. The van der Waals surface area contributed by atoms with E-state index < -0.39 is 16.0 Å². The predicted octanol–water partition coefficient (Wildman–Crippen LogP) is 0.765. The lowest BCUT2D eigenvalue weighted by Gasteiger charge is -2.00. The number of hydrogen-bond donors (Lipinski definition) is 3. The van der Waals surface area contributed by atoms with Gasteiger partial charge >= 0.3 is 5.97 Å². The minimum atomic E-state index is -3.75. The Bertz CT molecular complexity index is 702. The van der Waals surface area contributed by atoms with Gasteiger partial charge in [-0.2, -0.15) is 8.42 Å². The van der Waals surface area contributed by atoms with E-state index in [0.29, 0.717) is 4.88 Å². The minimum Gasteiger partial charge on any atom is -0.478 e. The lowest BCUT2D eigenvalue weighted by Crippen LogP contribution is -2.12. The van der Waals surface area contributed by atoms with Crippen molar-refractivity contribution in [3.63, 3.8) is 0 Å². The van der Waals surface area contributed by atoms with Crippen LogP contribution in [0.25, 0.3) is 6.08 Å². The first-order chi connectivity index (χ1) is 8.97. The molecule has 0 aliphatic heterocycles. The SMILES string of the molecule is O=C(O)C=Cc1cnc(NS(=O)(=O)c2cnc[nH]2)s1. The third-order valence-electron chi connectivity index (χ3n) is 1.90. The van der Waals surface area contributed by atoms with Crippen molar-refractivity contribution >= 4 is 38.5 Å². The predicted molar refractivity (Wildman–Crippen MR) is 68.2 cm³/mol. The highest BCUT2D eigenvalue weighted by atomic mass is 32.2. The fourth-order valence-corrected chi connectivity index (χ4v) is 2.99. The maximum Gasteiger partial charge on any atom is 0.328 e. The first-order valence-electron chi connectivity index (χ1n) is 4.85. The summed E-state index contributed by atoms with van der Waals surface area (Å²) in [6.07, 6.45) is 6.06. The third-order valence-corrected chi connectivity index (χ3v) is 4.17. The number of nitrogens with zero attached hydrogens (tertiary/aromatic N) is 2. The van der Waals surface area contributed by atoms with Crippen LogP contribution in [0.3, 0.4) is 0 Å². The lowest BCUT2D eigenvalue weighted by atomic mass is 10.4. The van der Waals surface area contributed by atoms with Gasteiger partial charge in [0.2, 0.25) is 0 Å². The number of thiazole rings is 1. The smallest absolute Gasteiger partial charge is 0.328 e. The second-order valence-electron chi connectivity index (χ2n) is 3.26. The molecule has 0 fully saturated rings. The van der Waals surface area contributed by atoms with Crippen molar-refractivity contribution in [2.24, 2.45) is 0 Å². The molecule has 3 N–H and O–H groups in total. The molecule has 2 aromatic rings. The number of aromatic amines is 1. The van der Waals surface area contributed by atoms with Crippen LogP contribution in [0.1, 0.15) is 4.88 Å². The van der Waals surface area contributed by atoms with Crippen molar-refractivity contribution < 1.29 is 18.3 Å². The Morgan fingerprint density at radius 1 is 1.47 bits per heavy atom. The van der Waals surface area contributed by atoms with Crippen LogP contribution in [0, 0.1) is 0 Å². The van der Waals surface area contributed by atoms with E-state index in [1.165, 1.54) is 24.8 Å². The normalized spacial score (nSPS) is 11.8. The number of imidazole rings is 1. The first kappa shape index (κ1) is 13.2. The van der Waals surface area contributed by atoms with Gasteiger partial charge in [-0.15, -0.1) is 0 Å². The molecule has 0 unspecified atom stereocenters. The van der Waals surface area contributed by atoms with E-state index in [-0.39, 0.29) is 10.2 Å². The van der Waals surface area contributed by atoms with E-state index in [9.17, 15) is 13.2 Å². The second-order valence-corrected chi connectivity index (χ2v) is 5.97. The number of nitrogens with one attached hydrogen (secondary N) is 2. The molecule has 2 aromatic heterocycles. The minimum absolute atomic E-state index is 0.0784. The highest BCUT2D eigenvalue weighted by Crippen LogP contribution is 2.21. The highest BCUT2D eigenvalue weighted by Gasteiger charge is 2.17. The van der Waals surface area contributed by atoms with Crippen LogP contribution in [0.5, 0.6) is 0 Å². The summed E-state index contributed by atoms with van der Waals surface area (Å²) in [5.74, 6) is -1.09. The molecule has 0 bridgehead atoms. The number of hydrogen-bond acceptors (Lipinski definition) is 6. The van der Waals surface area contributed by atoms with Crippen LogP contribution in [0.2, 0.25) is 0 Å². The second kappa shape index (κ2) is 5.20. The Balaban J connectivity index is 2.15. The molecule has 10 heteroatoms. The zero-order valence-corrected chi connectivity index (χ0v) is 10.9. The van der Waals surface area contributed by atoms with E-state index >= 15 is 0 Å². The van der Waals surface area contributed by atoms with Crippen molar-refractivity contribution in [1.29, 1.82) is 0 Å². The molecule has 0 aliphatic rings. The maximum absolute atomic E-state index is 11.8. The maximum atomic E-state index is 11.8. The van der Waals surface area contributed by atoms with Crippen molar-refractivity contribution in [2.45, 2.75) is 5.03 Å². The van der Waals surface area contributed by atoms with Gasteiger partial charge in [0.1, 0.15) is 0 Å². The van der Waals surface area contributed by atoms with Crippen LogP contribution in [0.4, 0.5) is 5.13 Å². The van der Waals surface area contributed by atoms with Gasteiger partial charge in [0, 0.05) is 17.2 Å². The third kappa shape index (κ3) is 3.39. The van der Waals surface area contributed by atoms with Gasteiger partial charge in [0.05, 0.1) is 12.5 Å². The Hall–Kier alpha value is -2.20. The van der Waals surface area contributed by atoms with Gasteiger partial charge in [0.15, 0.2) is 10.2 Å². The van der Waals surface area contributed by atoms with E-state index in [2.05, 4.69) is 19.7 Å². The first-order valence-corrected chi connectivity index (χ1v) is 7.15. The molecular formula is C9H8N4O4S2. The molecule has 0 saturated heterocycles. The van der Waals surface area contributed by atoms with Crippen LogP contribution in [-0.2, 0) is 14.8 Å². The number of carboxylic acid groups (broad SMARTS) is 1. The fourth-order valence-electron chi connectivity index (χ4n) is 1.12. The molecule has 19 heavy (non-hydrogen) atoms. The number of sulfonamides is 1. The van der Waals surface area contributed by atoms with Gasteiger partial charge in [-0.1, -0.05) is 11.3 Å². The average Bonchev–Trinajstić information content (AvgIpc) is 2.96. The van der Waals surface area contributed by atoms with E-state index in [1.807, 2.05) is 0 Å². The van der Waals surface area contributed by atoms with Crippen LogP contribution < -0.4 is 4.72 Å². The zero-order chi connectivity index (χ0) is 13.9. The van der Waals surface area contributed by atoms with E-state index in [0.717, 1.165) is 17.4 Å². The lowest BCUT2D eigenvalue weighted by molar-refractivity contribution is -0.131. The molecule has 2 heterocycles. The number of aromatic nitrogens is 3. The molecule has 2 rings (SSSR count). The number of carbonyl (C=O) groups is 1. The zero-order valence-electron chi connectivity index (χ0n) is 9.27. The quantitative estimate of drug-likeness (QED) is 0.700. The summed E-state index contributed by atoms with van der Waals surface area (Å²) in [6, 6.07) is 0.